The van der Waals surface area contributed by atoms with E-state index in [4.69, 9.17) is 4.98 Å². The Morgan fingerprint density at radius 1 is 1.03 bits per heavy atom. The van der Waals surface area contributed by atoms with E-state index in [2.05, 4.69) is 19.9 Å². The van der Waals surface area contributed by atoms with Gasteiger partial charge in [0.2, 0.25) is 11.8 Å². The van der Waals surface area contributed by atoms with Gasteiger partial charge in [0, 0.05) is 55.0 Å². The smallest absolute Gasteiger partial charge is 0.255 e. The summed E-state index contributed by atoms with van der Waals surface area (Å²) in [5.41, 5.74) is 5.04. The van der Waals surface area contributed by atoms with Gasteiger partial charge in [-0.15, -0.1) is 0 Å². The zero-order chi connectivity index (χ0) is 23.6. The summed E-state index contributed by atoms with van der Waals surface area (Å²) in [6.45, 7) is 2.19. The third-order valence-corrected chi connectivity index (χ3v) is 6.92. The lowest BCUT2D eigenvalue weighted by molar-refractivity contribution is -0.136. The van der Waals surface area contributed by atoms with Crippen molar-refractivity contribution in [2.45, 2.75) is 51.1 Å². The standard InChI is InChI=1S/C25H24N6O3/c1-13-26-10-17(11-27-13)22-21(29-23(30(22)2)14-3-4-14)15-5-6-18-16(9-15)12-31(25(18)34)19-7-8-20(32)28-24(19)33/h5-6,9-11,14,19H,3-4,7-8,12H2,1-2H3,(H,28,32,33). The SMILES string of the molecule is Cc1ncc(-c2c(-c3ccc4c(c3)CN(C3CCC(=O)NC3=O)C4=O)nc(C3CC3)n2C)cn1. The number of amides is 3. The number of benzene rings is 1. The molecule has 1 atom stereocenters. The first-order valence-electron chi connectivity index (χ1n) is 11.5. The third-order valence-electron chi connectivity index (χ3n) is 6.92. The van der Waals surface area contributed by atoms with Gasteiger partial charge in [0.05, 0.1) is 11.4 Å². The van der Waals surface area contributed by atoms with Crippen LogP contribution in [0.3, 0.4) is 0 Å². The minimum absolute atomic E-state index is 0.178. The molecule has 1 saturated heterocycles. The van der Waals surface area contributed by atoms with Gasteiger partial charge in [-0.05, 0) is 43.9 Å². The fourth-order valence-electron chi connectivity index (χ4n) is 4.99. The number of nitrogens with one attached hydrogen (secondary N) is 1. The number of aromatic nitrogens is 4. The van der Waals surface area contributed by atoms with Gasteiger partial charge >= 0.3 is 0 Å². The summed E-state index contributed by atoms with van der Waals surface area (Å²) in [4.78, 5) is 52.3. The zero-order valence-corrected chi connectivity index (χ0v) is 19.0. The average Bonchev–Trinajstić information content (AvgIpc) is 3.53. The Balaban J connectivity index is 1.39. The van der Waals surface area contributed by atoms with Crippen molar-refractivity contribution in [3.63, 3.8) is 0 Å². The molecule has 34 heavy (non-hydrogen) atoms. The number of nitrogens with zero attached hydrogens (tertiary/aromatic N) is 5. The second-order valence-corrected chi connectivity index (χ2v) is 9.29. The molecule has 3 aliphatic rings. The van der Waals surface area contributed by atoms with Crippen LogP contribution in [0.2, 0.25) is 0 Å². The van der Waals surface area contributed by atoms with E-state index in [-0.39, 0.29) is 18.2 Å². The lowest BCUT2D eigenvalue weighted by Crippen LogP contribution is -2.52. The molecular formula is C25H24N6O3. The predicted molar refractivity (Wildman–Crippen MR) is 122 cm³/mol. The highest BCUT2D eigenvalue weighted by Crippen LogP contribution is 2.43. The largest absolute Gasteiger partial charge is 0.330 e. The molecule has 0 radical (unpaired) electrons. The number of hydrogen-bond donors (Lipinski definition) is 1. The maximum Gasteiger partial charge on any atom is 0.255 e. The van der Waals surface area contributed by atoms with Gasteiger partial charge in [-0.1, -0.05) is 6.07 Å². The van der Waals surface area contributed by atoms with Crippen molar-refractivity contribution in [2.24, 2.45) is 7.05 Å². The minimum Gasteiger partial charge on any atom is -0.330 e. The molecule has 0 bridgehead atoms. The minimum atomic E-state index is -0.627. The third kappa shape index (κ3) is 3.30. The lowest BCUT2D eigenvalue weighted by Gasteiger charge is -2.29. The summed E-state index contributed by atoms with van der Waals surface area (Å²) in [6, 6.07) is 5.11. The molecule has 1 N–H and O–H groups in total. The summed E-state index contributed by atoms with van der Waals surface area (Å²) < 4.78 is 2.13. The highest BCUT2D eigenvalue weighted by Gasteiger charge is 2.39. The molecule has 2 aromatic heterocycles. The first kappa shape index (κ1) is 20.7. The van der Waals surface area contributed by atoms with Crippen molar-refractivity contribution < 1.29 is 14.4 Å². The number of carbonyl (C=O) groups is 3. The molecule has 1 aromatic carbocycles. The summed E-state index contributed by atoms with van der Waals surface area (Å²) >= 11 is 0. The van der Waals surface area contributed by atoms with E-state index < -0.39 is 11.9 Å². The van der Waals surface area contributed by atoms with E-state index in [0.717, 1.165) is 46.7 Å². The van der Waals surface area contributed by atoms with Crippen LogP contribution in [0.25, 0.3) is 22.5 Å². The van der Waals surface area contributed by atoms with Crippen molar-refractivity contribution in [1.82, 2.24) is 29.7 Å². The molecule has 1 aliphatic carbocycles. The van der Waals surface area contributed by atoms with Crippen LogP contribution in [0, 0.1) is 6.92 Å². The zero-order valence-electron chi connectivity index (χ0n) is 19.0. The van der Waals surface area contributed by atoms with Crippen molar-refractivity contribution in [1.29, 1.82) is 0 Å². The number of imidazole rings is 1. The Labute approximate surface area is 196 Å². The monoisotopic (exact) mass is 456 g/mol. The molecule has 2 fully saturated rings. The lowest BCUT2D eigenvalue weighted by atomic mass is 10.0. The molecule has 3 amide bonds. The number of aryl methyl sites for hydroxylation is 1. The molecule has 0 spiro atoms. The molecule has 1 saturated carbocycles. The summed E-state index contributed by atoms with van der Waals surface area (Å²) in [5, 5.41) is 2.35. The van der Waals surface area contributed by atoms with E-state index in [1.54, 1.807) is 4.90 Å². The fourth-order valence-corrected chi connectivity index (χ4v) is 4.99. The van der Waals surface area contributed by atoms with Crippen LogP contribution >= 0.6 is 0 Å². The van der Waals surface area contributed by atoms with E-state index in [1.807, 2.05) is 44.6 Å². The van der Waals surface area contributed by atoms with Gasteiger partial charge in [0.1, 0.15) is 17.7 Å². The Kier molecular flexibility index (Phi) is 4.62. The van der Waals surface area contributed by atoms with Gasteiger partial charge in [0.15, 0.2) is 0 Å². The number of hydrogen-bond acceptors (Lipinski definition) is 6. The topological polar surface area (TPSA) is 110 Å². The van der Waals surface area contributed by atoms with Crippen LogP contribution < -0.4 is 5.32 Å². The van der Waals surface area contributed by atoms with E-state index in [0.29, 0.717) is 30.3 Å². The van der Waals surface area contributed by atoms with Crippen molar-refractivity contribution in [2.75, 3.05) is 0 Å². The highest BCUT2D eigenvalue weighted by atomic mass is 16.2. The number of imide groups is 1. The van der Waals surface area contributed by atoms with Gasteiger partial charge in [0.25, 0.3) is 5.91 Å². The van der Waals surface area contributed by atoms with E-state index in [9.17, 15) is 14.4 Å². The molecule has 9 heteroatoms. The molecule has 1 unspecified atom stereocenters. The van der Waals surface area contributed by atoms with Crippen LogP contribution in [-0.4, -0.2) is 48.2 Å². The maximum atomic E-state index is 13.1. The Morgan fingerprint density at radius 3 is 2.50 bits per heavy atom. The van der Waals surface area contributed by atoms with Crippen LogP contribution in [0.15, 0.2) is 30.6 Å². The Morgan fingerprint density at radius 2 is 1.79 bits per heavy atom. The van der Waals surface area contributed by atoms with Gasteiger partial charge < -0.3 is 9.47 Å². The van der Waals surface area contributed by atoms with Crippen LogP contribution in [0.4, 0.5) is 0 Å². The van der Waals surface area contributed by atoms with E-state index >= 15 is 0 Å². The second kappa shape index (κ2) is 7.58. The van der Waals surface area contributed by atoms with Crippen LogP contribution in [0.1, 0.15) is 59.2 Å². The number of carbonyl (C=O) groups excluding carboxylic acids is 3. The van der Waals surface area contributed by atoms with Crippen molar-refractivity contribution >= 4 is 17.7 Å². The van der Waals surface area contributed by atoms with Gasteiger partial charge in [-0.3, -0.25) is 19.7 Å². The summed E-state index contributed by atoms with van der Waals surface area (Å²) in [5.74, 6) is 1.34. The molecule has 3 aromatic rings. The molecule has 4 heterocycles. The van der Waals surface area contributed by atoms with E-state index in [1.165, 1.54) is 0 Å². The van der Waals surface area contributed by atoms with Crippen molar-refractivity contribution in [3.05, 3.63) is 53.4 Å². The highest BCUT2D eigenvalue weighted by molar-refractivity contribution is 6.05. The van der Waals surface area contributed by atoms with Crippen LogP contribution in [0.5, 0.6) is 0 Å². The van der Waals surface area contributed by atoms with Gasteiger partial charge in [-0.25, -0.2) is 15.0 Å². The molecule has 9 nitrogen and oxygen atoms in total. The molecule has 172 valence electrons. The summed E-state index contributed by atoms with van der Waals surface area (Å²) in [6.07, 6.45) is 6.49. The fraction of sp³-hybridized carbons (Fsp3) is 0.360. The van der Waals surface area contributed by atoms with Gasteiger partial charge in [-0.2, -0.15) is 0 Å². The average molecular weight is 457 g/mol. The quantitative estimate of drug-likeness (QED) is 0.604. The Bertz CT molecular complexity index is 1360. The van der Waals surface area contributed by atoms with Crippen LogP contribution in [-0.2, 0) is 23.2 Å². The molecule has 6 rings (SSSR count). The molecular weight excluding hydrogens is 432 g/mol. The summed E-state index contributed by atoms with van der Waals surface area (Å²) in [7, 11) is 2.03. The van der Waals surface area contributed by atoms with Crippen molar-refractivity contribution in [3.8, 4) is 22.5 Å². The molecule has 2 aliphatic heterocycles. The Hall–Kier alpha value is -3.88. The first-order chi connectivity index (χ1) is 16.4. The predicted octanol–water partition coefficient (Wildman–Crippen LogP) is 2.49. The number of piperidine rings is 1. The number of fused-ring (bicyclic) bond motifs is 1. The second-order valence-electron chi connectivity index (χ2n) is 9.29. The maximum absolute atomic E-state index is 13.1. The number of rotatable bonds is 4. The first-order valence-corrected chi connectivity index (χ1v) is 11.5. The normalized spacial score (nSPS) is 20.0.